The number of aromatic nitrogens is 1. The fraction of sp³-hybridized carbons (Fsp3) is 0.455. The minimum Gasteiger partial charge on any atom is -0.415 e. The van der Waals surface area contributed by atoms with E-state index in [1.54, 1.807) is 24.3 Å². The molecule has 0 aliphatic carbocycles. The van der Waals surface area contributed by atoms with Crippen LogP contribution in [-0.4, -0.2) is 69.1 Å². The second-order valence-corrected chi connectivity index (χ2v) is 20.2. The summed E-state index contributed by atoms with van der Waals surface area (Å²) in [6.07, 6.45) is -2.69. The van der Waals surface area contributed by atoms with Crippen LogP contribution in [0.25, 0.3) is 11.1 Å². The number of hydrogen-bond donors (Lipinski definition) is 1. The van der Waals surface area contributed by atoms with E-state index in [-0.39, 0.29) is 35.0 Å². The third-order valence-corrected chi connectivity index (χ3v) is 15.8. The molecule has 3 heterocycles. The summed E-state index contributed by atoms with van der Waals surface area (Å²) in [7, 11) is -5.64. The lowest BCUT2D eigenvalue weighted by Gasteiger charge is -2.36. The number of carbonyl (C=O) groups excluding carboxylic acids is 1. The first-order valence-corrected chi connectivity index (χ1v) is 19.8. The zero-order chi connectivity index (χ0) is 33.5. The summed E-state index contributed by atoms with van der Waals surface area (Å²) >= 11 is 0. The van der Waals surface area contributed by atoms with E-state index in [1.807, 2.05) is 23.1 Å². The summed E-state index contributed by atoms with van der Waals surface area (Å²) in [5.41, 5.74) is 2.44. The molecule has 0 atom stereocenters. The van der Waals surface area contributed by atoms with Gasteiger partial charge in [-0.3, -0.25) is 4.79 Å². The minimum atomic E-state index is -4.45. The number of halogens is 3. The summed E-state index contributed by atoms with van der Waals surface area (Å²) in [4.78, 5) is 19.1. The maximum Gasteiger partial charge on any atom is 0.417 e. The van der Waals surface area contributed by atoms with Crippen LogP contribution in [0.5, 0.6) is 0 Å². The Morgan fingerprint density at radius 3 is 2.22 bits per heavy atom. The van der Waals surface area contributed by atoms with E-state index in [0.717, 1.165) is 29.0 Å². The van der Waals surface area contributed by atoms with Crippen molar-refractivity contribution in [2.45, 2.75) is 75.4 Å². The molecule has 1 amide bonds. The van der Waals surface area contributed by atoms with Crippen molar-refractivity contribution in [2.24, 2.45) is 0 Å². The number of amides is 1. The second-order valence-electron chi connectivity index (χ2n) is 13.5. The van der Waals surface area contributed by atoms with Gasteiger partial charge in [-0.2, -0.15) is 17.5 Å². The number of nitrogens with one attached hydrogen (secondary N) is 1. The van der Waals surface area contributed by atoms with Crippen LogP contribution in [0.15, 0.2) is 65.7 Å². The van der Waals surface area contributed by atoms with Gasteiger partial charge in [0.2, 0.25) is 10.0 Å². The molecule has 248 valence electrons. The molecular weight excluding hydrogens is 634 g/mol. The molecule has 1 N–H and O–H groups in total. The molecular formula is C33H41F3N4O4SSi. The maximum atomic E-state index is 13.4. The quantitative estimate of drug-likeness (QED) is 0.246. The number of piperidine rings is 1. The van der Waals surface area contributed by atoms with Crippen LogP contribution in [-0.2, 0) is 27.2 Å². The van der Waals surface area contributed by atoms with Crippen LogP contribution < -0.4 is 5.32 Å². The summed E-state index contributed by atoms with van der Waals surface area (Å²) < 4.78 is 72.9. The third kappa shape index (κ3) is 7.32. The number of hydrogen-bond acceptors (Lipinski definition) is 6. The number of carbonyl (C=O) groups is 1. The van der Waals surface area contributed by atoms with Gasteiger partial charge < -0.3 is 14.6 Å². The van der Waals surface area contributed by atoms with Crippen LogP contribution >= 0.6 is 0 Å². The summed E-state index contributed by atoms with van der Waals surface area (Å²) in [5.74, 6) is 0.295. The molecule has 0 spiro atoms. The second kappa shape index (κ2) is 12.7. The Kier molecular flexibility index (Phi) is 9.44. The Morgan fingerprint density at radius 2 is 1.63 bits per heavy atom. The highest BCUT2D eigenvalue weighted by molar-refractivity contribution is 7.89. The zero-order valence-electron chi connectivity index (χ0n) is 26.8. The topological polar surface area (TPSA) is 91.8 Å². The molecule has 2 aromatic carbocycles. The Morgan fingerprint density at radius 1 is 0.978 bits per heavy atom. The molecule has 0 radical (unpaired) electrons. The van der Waals surface area contributed by atoms with Crippen molar-refractivity contribution in [3.05, 3.63) is 77.5 Å². The van der Waals surface area contributed by atoms with Crippen molar-refractivity contribution in [3.8, 4) is 11.1 Å². The van der Waals surface area contributed by atoms with Gasteiger partial charge in [0.15, 0.2) is 8.32 Å². The molecule has 2 aliphatic heterocycles. The first-order chi connectivity index (χ1) is 21.5. The van der Waals surface area contributed by atoms with Crippen molar-refractivity contribution in [1.82, 2.24) is 14.2 Å². The molecule has 1 aromatic heterocycles. The SMILES string of the molecule is CC(C)(C)[Si](C)(C)OCCN1Cc2ccc(-c3ccc(S(=O)(=O)N4CCC(Nc5ccc(C(F)(F)F)cn5)CC4)cc3)cc2C1=O. The Hall–Kier alpha value is -3.26. The van der Waals surface area contributed by atoms with Gasteiger partial charge >= 0.3 is 6.18 Å². The average molecular weight is 675 g/mol. The molecule has 1 saturated heterocycles. The highest BCUT2D eigenvalue weighted by atomic mass is 32.2. The number of sulfonamides is 1. The Balaban J connectivity index is 1.17. The summed E-state index contributed by atoms with van der Waals surface area (Å²) in [6, 6.07) is 14.6. The molecule has 46 heavy (non-hydrogen) atoms. The zero-order valence-corrected chi connectivity index (χ0v) is 28.6. The van der Waals surface area contributed by atoms with Gasteiger partial charge in [0.25, 0.3) is 5.91 Å². The van der Waals surface area contributed by atoms with E-state index in [9.17, 15) is 26.4 Å². The van der Waals surface area contributed by atoms with E-state index in [4.69, 9.17) is 4.43 Å². The van der Waals surface area contributed by atoms with Crippen LogP contribution in [0.4, 0.5) is 19.0 Å². The highest BCUT2D eigenvalue weighted by Crippen LogP contribution is 2.37. The van der Waals surface area contributed by atoms with Gasteiger partial charge in [-0.1, -0.05) is 45.0 Å². The van der Waals surface area contributed by atoms with Gasteiger partial charge in [0.1, 0.15) is 5.82 Å². The maximum absolute atomic E-state index is 13.4. The first kappa shape index (κ1) is 34.1. The molecule has 1 fully saturated rings. The van der Waals surface area contributed by atoms with E-state index < -0.39 is 30.1 Å². The van der Waals surface area contributed by atoms with Crippen molar-refractivity contribution < 1.29 is 30.8 Å². The van der Waals surface area contributed by atoms with Crippen molar-refractivity contribution in [3.63, 3.8) is 0 Å². The lowest BCUT2D eigenvalue weighted by atomic mass is 10.0. The number of nitrogens with zero attached hydrogens (tertiary/aromatic N) is 3. The van der Waals surface area contributed by atoms with E-state index in [2.05, 4.69) is 44.2 Å². The molecule has 0 unspecified atom stereocenters. The highest BCUT2D eigenvalue weighted by Gasteiger charge is 2.38. The predicted octanol–water partition coefficient (Wildman–Crippen LogP) is 7.01. The molecule has 3 aromatic rings. The fourth-order valence-corrected chi connectivity index (χ4v) is 7.92. The Bertz CT molecular complexity index is 1670. The van der Waals surface area contributed by atoms with Crippen molar-refractivity contribution in [2.75, 3.05) is 31.6 Å². The van der Waals surface area contributed by atoms with Crippen molar-refractivity contribution in [1.29, 1.82) is 0 Å². The molecule has 0 bridgehead atoms. The minimum absolute atomic E-state index is 0.0260. The smallest absolute Gasteiger partial charge is 0.415 e. The standard InChI is InChI=1S/C33H41F3N4O4SSi/c1-32(2,3)46(4,5)44-19-18-39-22-25-7-6-24(20-29(25)31(39)41)23-8-11-28(12-9-23)45(42,43)40-16-14-27(15-17-40)38-30-13-10-26(21-37-30)33(34,35)36/h6-13,20-21,27H,14-19,22H2,1-5H3,(H,37,38). The molecule has 5 rings (SSSR count). The van der Waals surface area contributed by atoms with Crippen LogP contribution in [0.1, 0.15) is 55.1 Å². The number of anilines is 1. The van der Waals surface area contributed by atoms with Gasteiger partial charge in [-0.15, -0.1) is 0 Å². The van der Waals surface area contributed by atoms with Gasteiger partial charge in [-0.05, 0) is 78.0 Å². The fourth-order valence-electron chi connectivity index (χ4n) is 5.41. The summed E-state index contributed by atoms with van der Waals surface area (Å²) in [6.45, 7) is 13.1. The third-order valence-electron chi connectivity index (χ3n) is 9.34. The lowest BCUT2D eigenvalue weighted by Crippen LogP contribution is -2.42. The molecule has 2 aliphatic rings. The number of fused-ring (bicyclic) bond motifs is 1. The van der Waals surface area contributed by atoms with Crippen molar-refractivity contribution >= 4 is 30.1 Å². The van der Waals surface area contributed by atoms with Crippen LogP contribution in [0, 0.1) is 0 Å². The van der Waals surface area contributed by atoms with E-state index in [1.165, 1.54) is 10.4 Å². The van der Waals surface area contributed by atoms with E-state index in [0.29, 0.717) is 43.9 Å². The molecule has 8 nitrogen and oxygen atoms in total. The Labute approximate surface area is 270 Å². The first-order valence-electron chi connectivity index (χ1n) is 15.4. The molecule has 13 heteroatoms. The van der Waals surface area contributed by atoms with Gasteiger partial charge in [-0.25, -0.2) is 13.4 Å². The number of benzene rings is 2. The summed E-state index contributed by atoms with van der Waals surface area (Å²) in [5, 5.41) is 3.21. The average Bonchev–Trinajstić information content (AvgIpc) is 3.31. The number of alkyl halides is 3. The normalized spacial score (nSPS) is 17.0. The van der Waals surface area contributed by atoms with Gasteiger partial charge in [0, 0.05) is 44.0 Å². The van der Waals surface area contributed by atoms with Gasteiger partial charge in [0.05, 0.1) is 17.1 Å². The number of rotatable bonds is 9. The van der Waals surface area contributed by atoms with E-state index >= 15 is 0 Å². The largest absolute Gasteiger partial charge is 0.417 e. The number of pyridine rings is 1. The monoisotopic (exact) mass is 674 g/mol. The van der Waals surface area contributed by atoms with Crippen LogP contribution in [0.2, 0.25) is 18.1 Å². The van der Waals surface area contributed by atoms with Crippen LogP contribution in [0.3, 0.4) is 0 Å². The lowest BCUT2D eigenvalue weighted by molar-refractivity contribution is -0.137. The molecule has 0 saturated carbocycles. The predicted molar refractivity (Wildman–Crippen MR) is 174 cm³/mol.